The summed E-state index contributed by atoms with van der Waals surface area (Å²) in [4.78, 5) is 3.44. The van der Waals surface area contributed by atoms with E-state index in [9.17, 15) is 12.8 Å². The molecule has 0 saturated heterocycles. The summed E-state index contributed by atoms with van der Waals surface area (Å²) in [5.41, 5.74) is 0. The average molecular weight is 204 g/mol. The zero-order valence-electron chi connectivity index (χ0n) is 6.99. The number of halogens is 1. The van der Waals surface area contributed by atoms with E-state index in [0.29, 0.717) is 0 Å². The van der Waals surface area contributed by atoms with E-state index in [1.807, 2.05) is 0 Å². The molecule has 1 N–H and O–H groups in total. The monoisotopic (exact) mass is 204 g/mol. The molecule has 0 aliphatic carbocycles. The molecule has 0 fully saturated rings. The zero-order chi connectivity index (χ0) is 9.90. The Morgan fingerprint density at radius 3 is 2.69 bits per heavy atom. The summed E-state index contributed by atoms with van der Waals surface area (Å²) in [5, 5.41) is -0.171. The first kappa shape index (κ1) is 10.1. The SMILES string of the molecule is CCNS(=O)(=O)c1ccc(F)cn1. The molecule has 0 aliphatic heterocycles. The van der Waals surface area contributed by atoms with E-state index >= 15 is 0 Å². The van der Waals surface area contributed by atoms with Crippen molar-refractivity contribution < 1.29 is 12.8 Å². The van der Waals surface area contributed by atoms with E-state index in [1.165, 1.54) is 0 Å². The fourth-order valence-corrected chi connectivity index (χ4v) is 1.75. The summed E-state index contributed by atoms with van der Waals surface area (Å²) in [5.74, 6) is -0.560. The zero-order valence-corrected chi connectivity index (χ0v) is 7.81. The molecule has 0 bridgehead atoms. The van der Waals surface area contributed by atoms with Gasteiger partial charge in [0.05, 0.1) is 6.20 Å². The maximum atomic E-state index is 12.4. The Hall–Kier alpha value is -1.01. The fourth-order valence-electron chi connectivity index (χ4n) is 0.785. The molecule has 1 aromatic heterocycles. The molecular formula is C7H9FN2O2S. The van der Waals surface area contributed by atoms with Gasteiger partial charge in [-0.25, -0.2) is 22.5 Å². The minimum atomic E-state index is -3.55. The van der Waals surface area contributed by atoms with E-state index in [0.717, 1.165) is 18.3 Å². The number of nitrogens with zero attached hydrogens (tertiary/aromatic N) is 1. The first-order chi connectivity index (χ1) is 6.06. The van der Waals surface area contributed by atoms with E-state index in [-0.39, 0.29) is 11.6 Å². The lowest BCUT2D eigenvalue weighted by Crippen LogP contribution is -2.23. The van der Waals surface area contributed by atoms with Crippen LogP contribution in [0.2, 0.25) is 0 Å². The molecule has 6 heteroatoms. The largest absolute Gasteiger partial charge is 0.258 e. The summed E-state index contributed by atoms with van der Waals surface area (Å²) >= 11 is 0. The molecule has 1 rings (SSSR count). The number of nitrogens with one attached hydrogen (secondary N) is 1. The van der Waals surface area contributed by atoms with Gasteiger partial charge in [0, 0.05) is 6.54 Å². The third-order valence-corrected chi connectivity index (χ3v) is 2.77. The molecule has 72 valence electrons. The second kappa shape index (κ2) is 3.80. The quantitative estimate of drug-likeness (QED) is 0.780. The third-order valence-electron chi connectivity index (χ3n) is 1.31. The predicted octanol–water partition coefficient (Wildman–Crippen LogP) is 0.519. The highest BCUT2D eigenvalue weighted by atomic mass is 32.2. The highest BCUT2D eigenvalue weighted by Gasteiger charge is 2.13. The van der Waals surface area contributed by atoms with Crippen LogP contribution >= 0.6 is 0 Å². The van der Waals surface area contributed by atoms with E-state index < -0.39 is 15.8 Å². The molecule has 0 aromatic carbocycles. The summed E-state index contributed by atoms with van der Waals surface area (Å²) in [7, 11) is -3.55. The third kappa shape index (κ3) is 2.46. The first-order valence-corrected chi connectivity index (χ1v) is 5.16. The molecule has 1 aromatic rings. The van der Waals surface area contributed by atoms with E-state index in [2.05, 4.69) is 9.71 Å². The molecule has 0 unspecified atom stereocenters. The Morgan fingerprint density at radius 2 is 2.23 bits per heavy atom. The van der Waals surface area contributed by atoms with Crippen molar-refractivity contribution in [3.8, 4) is 0 Å². The first-order valence-electron chi connectivity index (χ1n) is 3.67. The molecule has 1 heterocycles. The number of aromatic nitrogens is 1. The van der Waals surface area contributed by atoms with Gasteiger partial charge in [-0.05, 0) is 12.1 Å². The van der Waals surface area contributed by atoms with Crippen LogP contribution in [-0.2, 0) is 10.0 Å². The maximum Gasteiger partial charge on any atom is 0.258 e. The number of hydrogen-bond acceptors (Lipinski definition) is 3. The standard InChI is InChI=1S/C7H9FN2O2S/c1-2-10-13(11,12)7-4-3-6(8)5-9-7/h3-5,10H,2H2,1H3. The summed E-state index contributed by atoms with van der Waals surface area (Å²) in [6.07, 6.45) is 0.865. The van der Waals surface area contributed by atoms with Gasteiger partial charge in [-0.3, -0.25) is 0 Å². The van der Waals surface area contributed by atoms with Gasteiger partial charge in [0.1, 0.15) is 5.82 Å². The molecule has 0 amide bonds. The lowest BCUT2D eigenvalue weighted by Gasteiger charge is -2.01. The van der Waals surface area contributed by atoms with Crippen LogP contribution in [0.4, 0.5) is 4.39 Å². The van der Waals surface area contributed by atoms with Gasteiger partial charge in [-0.15, -0.1) is 0 Å². The smallest absolute Gasteiger partial charge is 0.240 e. The number of hydrogen-bond donors (Lipinski definition) is 1. The van der Waals surface area contributed by atoms with Crippen molar-refractivity contribution in [2.75, 3.05) is 6.54 Å². The Bertz CT molecular complexity index is 374. The average Bonchev–Trinajstić information content (AvgIpc) is 2.05. The Balaban J connectivity index is 3.02. The van der Waals surface area contributed by atoms with E-state index in [1.54, 1.807) is 6.92 Å². The maximum absolute atomic E-state index is 12.4. The highest BCUT2D eigenvalue weighted by molar-refractivity contribution is 7.89. The minimum absolute atomic E-state index is 0.171. The van der Waals surface area contributed by atoms with Gasteiger partial charge in [-0.2, -0.15) is 0 Å². The van der Waals surface area contributed by atoms with Crippen LogP contribution < -0.4 is 4.72 Å². The summed E-state index contributed by atoms with van der Waals surface area (Å²) in [6.45, 7) is 1.93. The number of sulfonamides is 1. The number of pyridine rings is 1. The minimum Gasteiger partial charge on any atom is -0.240 e. The van der Waals surface area contributed by atoms with Crippen molar-refractivity contribution in [1.29, 1.82) is 0 Å². The van der Waals surface area contributed by atoms with Crippen LogP contribution in [0.3, 0.4) is 0 Å². The van der Waals surface area contributed by atoms with Gasteiger partial charge in [0.15, 0.2) is 5.03 Å². The Kier molecular flexibility index (Phi) is 2.94. The van der Waals surface area contributed by atoms with Crippen LogP contribution in [0.1, 0.15) is 6.92 Å². The lowest BCUT2D eigenvalue weighted by molar-refractivity contribution is 0.577. The van der Waals surface area contributed by atoms with Crippen molar-refractivity contribution >= 4 is 10.0 Å². The molecule has 4 nitrogen and oxygen atoms in total. The van der Waals surface area contributed by atoms with E-state index in [4.69, 9.17) is 0 Å². The molecule has 0 aliphatic rings. The Labute approximate surface area is 75.9 Å². The normalized spacial score (nSPS) is 11.5. The molecule has 13 heavy (non-hydrogen) atoms. The second-order valence-corrected chi connectivity index (χ2v) is 4.03. The molecule has 0 spiro atoms. The van der Waals surface area contributed by atoms with Gasteiger partial charge in [0.2, 0.25) is 0 Å². The van der Waals surface area contributed by atoms with Crippen molar-refractivity contribution in [3.05, 3.63) is 24.1 Å². The molecular weight excluding hydrogens is 195 g/mol. The van der Waals surface area contributed by atoms with Crippen LogP contribution in [0, 0.1) is 5.82 Å². The number of rotatable bonds is 3. The lowest BCUT2D eigenvalue weighted by atomic mass is 10.5. The second-order valence-electron chi connectivity index (χ2n) is 2.32. The van der Waals surface area contributed by atoms with Gasteiger partial charge >= 0.3 is 0 Å². The van der Waals surface area contributed by atoms with Crippen LogP contribution in [0.25, 0.3) is 0 Å². The van der Waals surface area contributed by atoms with Crippen molar-refractivity contribution in [2.24, 2.45) is 0 Å². The summed E-state index contributed by atoms with van der Waals surface area (Å²) < 4.78 is 37.1. The van der Waals surface area contributed by atoms with Crippen molar-refractivity contribution in [2.45, 2.75) is 11.9 Å². The predicted molar refractivity (Wildman–Crippen MR) is 45.1 cm³/mol. The van der Waals surface area contributed by atoms with Crippen LogP contribution in [0.15, 0.2) is 23.4 Å². The van der Waals surface area contributed by atoms with Gasteiger partial charge < -0.3 is 0 Å². The van der Waals surface area contributed by atoms with Gasteiger partial charge in [-0.1, -0.05) is 6.92 Å². The topological polar surface area (TPSA) is 59.1 Å². The van der Waals surface area contributed by atoms with Crippen molar-refractivity contribution in [3.63, 3.8) is 0 Å². The van der Waals surface area contributed by atoms with Gasteiger partial charge in [0.25, 0.3) is 10.0 Å². The molecule has 0 saturated carbocycles. The van der Waals surface area contributed by atoms with Crippen molar-refractivity contribution in [1.82, 2.24) is 9.71 Å². The fraction of sp³-hybridized carbons (Fsp3) is 0.286. The summed E-state index contributed by atoms with van der Waals surface area (Å²) in [6, 6.07) is 2.17. The van der Waals surface area contributed by atoms with Crippen LogP contribution in [0.5, 0.6) is 0 Å². The Morgan fingerprint density at radius 1 is 1.54 bits per heavy atom. The molecule has 0 radical (unpaired) electrons. The highest BCUT2D eigenvalue weighted by Crippen LogP contribution is 2.04. The van der Waals surface area contributed by atoms with Crippen LogP contribution in [-0.4, -0.2) is 19.9 Å². The molecule has 0 atom stereocenters.